The zero-order valence-electron chi connectivity index (χ0n) is 12.5. The average molecular weight is 340 g/mol. The van der Waals surface area contributed by atoms with E-state index in [1.54, 1.807) is 0 Å². The van der Waals surface area contributed by atoms with Gasteiger partial charge in [-0.1, -0.05) is 13.8 Å². The molecule has 2 rings (SSSR count). The van der Waals surface area contributed by atoms with Crippen LogP contribution in [0.4, 0.5) is 0 Å². The van der Waals surface area contributed by atoms with E-state index in [1.165, 1.54) is 0 Å². The number of aromatic nitrogens is 4. The molecule has 0 atom stereocenters. The molecule has 110 valence electrons. The molecule has 2 aromatic heterocycles. The Morgan fingerprint density at radius 2 is 2.10 bits per heavy atom. The third-order valence-corrected chi connectivity index (χ3v) is 4.16. The van der Waals surface area contributed by atoms with E-state index in [4.69, 9.17) is 0 Å². The summed E-state index contributed by atoms with van der Waals surface area (Å²) < 4.78 is 4.92. The second-order valence-corrected chi connectivity index (χ2v) is 6.29. The SMILES string of the molecule is Cc1nn(C)c(Cn2ccc(CNCC(C)C)n2)c1Br. The second-order valence-electron chi connectivity index (χ2n) is 5.50. The highest BCUT2D eigenvalue weighted by Crippen LogP contribution is 2.20. The van der Waals surface area contributed by atoms with Crippen molar-refractivity contribution in [1.82, 2.24) is 24.9 Å². The Hall–Kier alpha value is -1.14. The fraction of sp³-hybridized carbons (Fsp3) is 0.571. The van der Waals surface area contributed by atoms with Crippen molar-refractivity contribution in [2.45, 2.75) is 33.9 Å². The van der Waals surface area contributed by atoms with Crippen LogP contribution in [0.25, 0.3) is 0 Å². The van der Waals surface area contributed by atoms with Crippen molar-refractivity contribution >= 4 is 15.9 Å². The Balaban J connectivity index is 1.99. The Bertz CT molecular complexity index is 570. The number of hydrogen-bond acceptors (Lipinski definition) is 3. The smallest absolute Gasteiger partial charge is 0.0839 e. The van der Waals surface area contributed by atoms with E-state index in [-0.39, 0.29) is 0 Å². The lowest BCUT2D eigenvalue weighted by Gasteiger charge is -2.05. The summed E-state index contributed by atoms with van der Waals surface area (Å²) in [5, 5.41) is 12.4. The summed E-state index contributed by atoms with van der Waals surface area (Å²) in [5.41, 5.74) is 3.21. The minimum atomic E-state index is 0.658. The molecule has 1 N–H and O–H groups in total. The van der Waals surface area contributed by atoms with Crippen molar-refractivity contribution in [3.8, 4) is 0 Å². The van der Waals surface area contributed by atoms with Crippen LogP contribution in [0.15, 0.2) is 16.7 Å². The summed E-state index contributed by atoms with van der Waals surface area (Å²) in [4.78, 5) is 0. The zero-order chi connectivity index (χ0) is 14.7. The first-order chi connectivity index (χ1) is 9.47. The molecule has 0 aliphatic carbocycles. The predicted molar refractivity (Wildman–Crippen MR) is 83.5 cm³/mol. The lowest BCUT2D eigenvalue weighted by atomic mass is 10.2. The van der Waals surface area contributed by atoms with Gasteiger partial charge in [-0.05, 0) is 41.4 Å². The molecule has 0 fully saturated rings. The lowest BCUT2D eigenvalue weighted by Crippen LogP contribution is -2.19. The molecule has 0 spiro atoms. The molecule has 0 bridgehead atoms. The van der Waals surface area contributed by atoms with Crippen LogP contribution < -0.4 is 5.32 Å². The van der Waals surface area contributed by atoms with Gasteiger partial charge in [0.15, 0.2) is 0 Å². The van der Waals surface area contributed by atoms with Crippen LogP contribution >= 0.6 is 15.9 Å². The van der Waals surface area contributed by atoms with E-state index < -0.39 is 0 Å². The Morgan fingerprint density at radius 3 is 2.70 bits per heavy atom. The number of nitrogens with zero attached hydrogens (tertiary/aromatic N) is 4. The molecule has 6 heteroatoms. The van der Waals surface area contributed by atoms with Crippen LogP contribution in [-0.4, -0.2) is 26.1 Å². The minimum absolute atomic E-state index is 0.658. The van der Waals surface area contributed by atoms with Crippen LogP contribution in [0.5, 0.6) is 0 Å². The summed E-state index contributed by atoms with van der Waals surface area (Å²) in [6, 6.07) is 2.06. The molecule has 2 aromatic rings. The summed E-state index contributed by atoms with van der Waals surface area (Å²) in [7, 11) is 1.96. The molecule has 5 nitrogen and oxygen atoms in total. The van der Waals surface area contributed by atoms with Crippen LogP contribution in [0.1, 0.15) is 30.9 Å². The van der Waals surface area contributed by atoms with Gasteiger partial charge in [0.1, 0.15) is 0 Å². The first kappa shape index (κ1) is 15.3. The van der Waals surface area contributed by atoms with E-state index >= 15 is 0 Å². The van der Waals surface area contributed by atoms with E-state index in [9.17, 15) is 0 Å². The van der Waals surface area contributed by atoms with Crippen molar-refractivity contribution < 1.29 is 0 Å². The van der Waals surface area contributed by atoms with Gasteiger partial charge < -0.3 is 5.32 Å². The maximum atomic E-state index is 4.59. The lowest BCUT2D eigenvalue weighted by molar-refractivity contribution is 0.541. The molecule has 0 unspecified atom stereocenters. The topological polar surface area (TPSA) is 47.7 Å². The van der Waals surface area contributed by atoms with Gasteiger partial charge in [-0.25, -0.2) is 0 Å². The van der Waals surface area contributed by atoms with Crippen LogP contribution in [0.2, 0.25) is 0 Å². The van der Waals surface area contributed by atoms with Crippen LogP contribution in [-0.2, 0) is 20.1 Å². The molecule has 0 saturated heterocycles. The quantitative estimate of drug-likeness (QED) is 0.879. The summed E-state index contributed by atoms with van der Waals surface area (Å²) >= 11 is 3.59. The van der Waals surface area contributed by atoms with Crippen molar-refractivity contribution in [1.29, 1.82) is 0 Å². The largest absolute Gasteiger partial charge is 0.311 e. The molecule has 0 saturated carbocycles. The Kier molecular flexibility index (Phi) is 4.99. The van der Waals surface area contributed by atoms with Crippen molar-refractivity contribution in [3.05, 3.63) is 33.8 Å². The normalized spacial score (nSPS) is 11.5. The predicted octanol–water partition coefficient (Wildman–Crippen LogP) is 2.48. The third kappa shape index (κ3) is 3.70. The van der Waals surface area contributed by atoms with Gasteiger partial charge in [0, 0.05) is 19.8 Å². The molecule has 2 heterocycles. The monoisotopic (exact) mass is 339 g/mol. The van der Waals surface area contributed by atoms with Gasteiger partial charge in [-0.3, -0.25) is 9.36 Å². The Morgan fingerprint density at radius 1 is 1.35 bits per heavy atom. The van der Waals surface area contributed by atoms with Gasteiger partial charge in [-0.2, -0.15) is 10.2 Å². The van der Waals surface area contributed by atoms with Crippen molar-refractivity contribution in [3.63, 3.8) is 0 Å². The number of nitrogens with one attached hydrogen (secondary N) is 1. The van der Waals surface area contributed by atoms with Crippen LogP contribution in [0.3, 0.4) is 0 Å². The number of aryl methyl sites for hydroxylation is 2. The van der Waals surface area contributed by atoms with Gasteiger partial charge >= 0.3 is 0 Å². The van der Waals surface area contributed by atoms with Gasteiger partial charge in [0.25, 0.3) is 0 Å². The van der Waals surface area contributed by atoms with Crippen molar-refractivity contribution in [2.24, 2.45) is 13.0 Å². The van der Waals surface area contributed by atoms with Gasteiger partial charge in [-0.15, -0.1) is 0 Å². The van der Waals surface area contributed by atoms with Crippen LogP contribution in [0, 0.1) is 12.8 Å². The maximum absolute atomic E-state index is 4.59. The second kappa shape index (κ2) is 6.54. The fourth-order valence-electron chi connectivity index (χ4n) is 2.08. The molecule has 0 radical (unpaired) electrons. The third-order valence-electron chi connectivity index (χ3n) is 3.13. The number of hydrogen-bond donors (Lipinski definition) is 1. The summed E-state index contributed by atoms with van der Waals surface area (Å²) in [6.07, 6.45) is 2.02. The van der Waals surface area contributed by atoms with E-state index in [0.29, 0.717) is 5.92 Å². The highest BCUT2D eigenvalue weighted by Gasteiger charge is 2.11. The van der Waals surface area contributed by atoms with Crippen molar-refractivity contribution in [2.75, 3.05) is 6.54 Å². The number of rotatable bonds is 6. The molecule has 0 amide bonds. The molecule has 0 aliphatic rings. The fourth-order valence-corrected chi connectivity index (χ4v) is 2.54. The molecule has 0 aromatic carbocycles. The Labute approximate surface area is 128 Å². The van der Waals surface area contributed by atoms with Gasteiger partial charge in [0.05, 0.1) is 28.1 Å². The van der Waals surface area contributed by atoms with E-state index in [1.807, 2.05) is 29.5 Å². The highest BCUT2D eigenvalue weighted by atomic mass is 79.9. The summed E-state index contributed by atoms with van der Waals surface area (Å²) in [6.45, 7) is 8.96. The summed E-state index contributed by atoms with van der Waals surface area (Å²) in [5.74, 6) is 0.658. The molecule has 0 aliphatic heterocycles. The highest BCUT2D eigenvalue weighted by molar-refractivity contribution is 9.10. The van der Waals surface area contributed by atoms with E-state index in [2.05, 4.69) is 51.4 Å². The van der Waals surface area contributed by atoms with Gasteiger partial charge in [0.2, 0.25) is 0 Å². The minimum Gasteiger partial charge on any atom is -0.311 e. The number of halogens is 1. The molecular formula is C14H22BrN5. The van der Waals surface area contributed by atoms with E-state index in [0.717, 1.165) is 41.2 Å². The maximum Gasteiger partial charge on any atom is 0.0839 e. The first-order valence-electron chi connectivity index (χ1n) is 6.88. The average Bonchev–Trinajstić information content (AvgIpc) is 2.90. The zero-order valence-corrected chi connectivity index (χ0v) is 14.1. The molecular weight excluding hydrogens is 318 g/mol. The molecule has 20 heavy (non-hydrogen) atoms. The standard InChI is InChI=1S/C14H22BrN5/c1-10(2)7-16-8-12-5-6-20(18-12)9-13-14(15)11(3)17-19(13)4/h5-6,10,16H,7-9H2,1-4H3. The first-order valence-corrected chi connectivity index (χ1v) is 7.67.